The molecule has 1 saturated carbocycles. The van der Waals surface area contributed by atoms with Crippen LogP contribution < -0.4 is 5.32 Å². The SMILES string of the molecule is COC(=O)[C@@H]1CN(C(=O)OC(C)(C)C)CCN1C(=O)N[C@H]1C[C@@H]1c1ccccc1. The zero-order valence-electron chi connectivity index (χ0n) is 17.4. The lowest BCUT2D eigenvalue weighted by Crippen LogP contribution is -2.62. The molecule has 3 atom stereocenters. The Bertz CT molecular complexity index is 761. The number of rotatable bonds is 3. The van der Waals surface area contributed by atoms with Gasteiger partial charge in [0.1, 0.15) is 11.6 Å². The average molecular weight is 403 g/mol. The fourth-order valence-electron chi connectivity index (χ4n) is 3.52. The van der Waals surface area contributed by atoms with E-state index in [1.54, 1.807) is 20.8 Å². The van der Waals surface area contributed by atoms with Crippen molar-refractivity contribution in [1.29, 1.82) is 0 Å². The van der Waals surface area contributed by atoms with Crippen molar-refractivity contribution in [2.75, 3.05) is 26.7 Å². The predicted molar refractivity (Wildman–Crippen MR) is 106 cm³/mol. The minimum atomic E-state index is -0.866. The molecular weight excluding hydrogens is 374 g/mol. The third kappa shape index (κ3) is 5.19. The van der Waals surface area contributed by atoms with E-state index in [0.717, 1.165) is 6.42 Å². The van der Waals surface area contributed by atoms with Crippen LogP contribution in [0.15, 0.2) is 30.3 Å². The fourth-order valence-corrected chi connectivity index (χ4v) is 3.52. The van der Waals surface area contributed by atoms with Gasteiger partial charge in [0.25, 0.3) is 0 Å². The van der Waals surface area contributed by atoms with Gasteiger partial charge in [-0.15, -0.1) is 0 Å². The summed E-state index contributed by atoms with van der Waals surface area (Å²) in [6.45, 7) is 5.92. The van der Waals surface area contributed by atoms with Crippen LogP contribution in [0.4, 0.5) is 9.59 Å². The molecule has 1 aromatic rings. The molecule has 1 aromatic carbocycles. The van der Waals surface area contributed by atoms with Gasteiger partial charge < -0.3 is 24.6 Å². The molecule has 1 saturated heterocycles. The topological polar surface area (TPSA) is 88.2 Å². The standard InChI is InChI=1S/C21H29N3O5/c1-21(2,3)29-20(27)23-10-11-24(17(13-23)18(25)28-4)19(26)22-16-12-15(16)14-8-6-5-7-9-14/h5-9,15-17H,10-13H2,1-4H3,(H,22,26)/t15-,16+,17+/m1/s1. The summed E-state index contributed by atoms with van der Waals surface area (Å²) in [5, 5.41) is 3.01. The van der Waals surface area contributed by atoms with E-state index < -0.39 is 23.7 Å². The van der Waals surface area contributed by atoms with Crippen LogP contribution >= 0.6 is 0 Å². The van der Waals surface area contributed by atoms with Gasteiger partial charge in [-0.3, -0.25) is 0 Å². The number of benzene rings is 1. The van der Waals surface area contributed by atoms with Crippen LogP contribution in [0.1, 0.15) is 38.7 Å². The maximum Gasteiger partial charge on any atom is 0.410 e. The number of piperazine rings is 1. The first-order valence-electron chi connectivity index (χ1n) is 9.87. The molecule has 1 aliphatic heterocycles. The summed E-state index contributed by atoms with van der Waals surface area (Å²) in [5.41, 5.74) is 0.558. The largest absolute Gasteiger partial charge is 0.467 e. The number of hydrogen-bond acceptors (Lipinski definition) is 5. The van der Waals surface area contributed by atoms with Gasteiger partial charge in [-0.2, -0.15) is 0 Å². The van der Waals surface area contributed by atoms with Gasteiger partial charge in [-0.05, 0) is 32.8 Å². The van der Waals surface area contributed by atoms with Crippen LogP contribution in [0.25, 0.3) is 0 Å². The lowest BCUT2D eigenvalue weighted by atomic mass is 10.1. The highest BCUT2D eigenvalue weighted by atomic mass is 16.6. The Morgan fingerprint density at radius 2 is 1.79 bits per heavy atom. The van der Waals surface area contributed by atoms with Crippen molar-refractivity contribution in [3.63, 3.8) is 0 Å². The Morgan fingerprint density at radius 3 is 2.41 bits per heavy atom. The second-order valence-electron chi connectivity index (χ2n) is 8.47. The summed E-state index contributed by atoms with van der Waals surface area (Å²) < 4.78 is 10.3. The van der Waals surface area contributed by atoms with E-state index in [2.05, 4.69) is 5.32 Å². The Labute approximate surface area is 171 Å². The number of carbonyl (C=O) groups excluding carboxylic acids is 3. The number of ether oxygens (including phenoxy) is 2. The minimum Gasteiger partial charge on any atom is -0.467 e. The van der Waals surface area contributed by atoms with E-state index in [9.17, 15) is 14.4 Å². The van der Waals surface area contributed by atoms with Gasteiger partial charge in [0.05, 0.1) is 13.7 Å². The minimum absolute atomic E-state index is 0.0434. The van der Waals surface area contributed by atoms with Crippen LogP contribution in [0.2, 0.25) is 0 Å². The lowest BCUT2D eigenvalue weighted by molar-refractivity contribution is -0.147. The smallest absolute Gasteiger partial charge is 0.410 e. The highest BCUT2D eigenvalue weighted by Gasteiger charge is 2.43. The summed E-state index contributed by atoms with van der Waals surface area (Å²) in [7, 11) is 1.27. The third-order valence-electron chi connectivity index (χ3n) is 5.09. The monoisotopic (exact) mass is 403 g/mol. The Morgan fingerprint density at radius 1 is 1.10 bits per heavy atom. The van der Waals surface area contributed by atoms with E-state index in [1.165, 1.54) is 22.5 Å². The van der Waals surface area contributed by atoms with Crippen molar-refractivity contribution >= 4 is 18.1 Å². The summed E-state index contributed by atoms with van der Waals surface area (Å²) in [6.07, 6.45) is 0.370. The zero-order valence-corrected chi connectivity index (χ0v) is 17.4. The average Bonchev–Trinajstić information content (AvgIpc) is 3.45. The summed E-state index contributed by atoms with van der Waals surface area (Å²) in [5.74, 6) is -0.261. The molecule has 1 N–H and O–H groups in total. The summed E-state index contributed by atoms with van der Waals surface area (Å²) in [6, 6.07) is 8.90. The molecule has 2 fully saturated rings. The van der Waals surface area contributed by atoms with Crippen LogP contribution in [0.3, 0.4) is 0 Å². The van der Waals surface area contributed by atoms with Gasteiger partial charge in [-0.1, -0.05) is 30.3 Å². The summed E-state index contributed by atoms with van der Waals surface area (Å²) in [4.78, 5) is 40.4. The molecular formula is C21H29N3O5. The van der Waals surface area contributed by atoms with E-state index in [4.69, 9.17) is 9.47 Å². The predicted octanol–water partition coefficient (Wildman–Crippen LogP) is 2.35. The first-order chi connectivity index (χ1) is 13.7. The Balaban J connectivity index is 1.62. The molecule has 0 aromatic heterocycles. The van der Waals surface area contributed by atoms with Crippen LogP contribution in [-0.2, 0) is 14.3 Å². The second-order valence-corrected chi connectivity index (χ2v) is 8.47. The maximum atomic E-state index is 12.8. The van der Waals surface area contributed by atoms with E-state index >= 15 is 0 Å². The number of amides is 3. The maximum absolute atomic E-state index is 12.8. The van der Waals surface area contributed by atoms with Gasteiger partial charge in [-0.25, -0.2) is 14.4 Å². The second kappa shape index (κ2) is 8.31. The first-order valence-corrected chi connectivity index (χ1v) is 9.87. The molecule has 8 nitrogen and oxygen atoms in total. The van der Waals surface area contributed by atoms with Gasteiger partial charge in [0, 0.05) is 25.0 Å². The van der Waals surface area contributed by atoms with E-state index in [0.29, 0.717) is 12.5 Å². The molecule has 0 unspecified atom stereocenters. The first kappa shape index (κ1) is 21.0. The number of methoxy groups -OCH3 is 1. The molecule has 29 heavy (non-hydrogen) atoms. The van der Waals surface area contributed by atoms with Crippen molar-refractivity contribution < 1.29 is 23.9 Å². The quantitative estimate of drug-likeness (QED) is 0.783. The van der Waals surface area contributed by atoms with Crippen molar-refractivity contribution in [3.8, 4) is 0 Å². The molecule has 3 amide bonds. The van der Waals surface area contributed by atoms with Crippen molar-refractivity contribution in [1.82, 2.24) is 15.1 Å². The molecule has 0 bridgehead atoms. The number of nitrogens with one attached hydrogen (secondary N) is 1. The van der Waals surface area contributed by atoms with Crippen LogP contribution in [-0.4, -0.2) is 72.3 Å². The van der Waals surface area contributed by atoms with Crippen LogP contribution in [0, 0.1) is 0 Å². The van der Waals surface area contributed by atoms with Crippen molar-refractivity contribution in [2.45, 2.75) is 50.8 Å². The molecule has 0 radical (unpaired) electrons. The summed E-state index contributed by atoms with van der Waals surface area (Å²) >= 11 is 0. The fraction of sp³-hybridized carbons (Fsp3) is 0.571. The molecule has 2 aliphatic rings. The van der Waals surface area contributed by atoms with Gasteiger partial charge in [0.2, 0.25) is 0 Å². The number of nitrogens with zero attached hydrogens (tertiary/aromatic N) is 2. The van der Waals surface area contributed by atoms with Gasteiger partial charge in [0.15, 0.2) is 0 Å². The number of carbonyl (C=O) groups is 3. The Kier molecular flexibility index (Phi) is 6.00. The normalized spacial score (nSPS) is 23.9. The molecule has 8 heteroatoms. The number of esters is 1. The molecule has 158 valence electrons. The molecule has 1 aliphatic carbocycles. The number of urea groups is 1. The lowest BCUT2D eigenvalue weighted by Gasteiger charge is -2.40. The van der Waals surface area contributed by atoms with Crippen molar-refractivity contribution in [3.05, 3.63) is 35.9 Å². The molecule has 0 spiro atoms. The highest BCUT2D eigenvalue weighted by molar-refractivity contribution is 5.85. The van der Waals surface area contributed by atoms with Gasteiger partial charge >= 0.3 is 18.1 Å². The van der Waals surface area contributed by atoms with E-state index in [-0.39, 0.29) is 25.2 Å². The van der Waals surface area contributed by atoms with E-state index in [1.807, 2.05) is 30.3 Å². The van der Waals surface area contributed by atoms with Crippen LogP contribution in [0.5, 0.6) is 0 Å². The highest BCUT2D eigenvalue weighted by Crippen LogP contribution is 2.40. The third-order valence-corrected chi connectivity index (χ3v) is 5.09. The molecule has 1 heterocycles. The zero-order chi connectivity index (χ0) is 21.2. The Hall–Kier alpha value is -2.77. The van der Waals surface area contributed by atoms with Crippen molar-refractivity contribution in [2.24, 2.45) is 0 Å². The number of hydrogen-bond donors (Lipinski definition) is 1. The molecule has 3 rings (SSSR count).